The highest BCUT2D eigenvalue weighted by Gasteiger charge is 2.42. The second kappa shape index (κ2) is 10.9. The van der Waals surface area contributed by atoms with Crippen LogP contribution in [0.1, 0.15) is 78.5 Å². The Balaban J connectivity index is 2.17. The maximum Gasteiger partial charge on any atom is 0.250 e. The molecule has 0 bridgehead atoms. The number of nitrogens with one attached hydrogen (secondary N) is 1. The van der Waals surface area contributed by atoms with Crippen molar-refractivity contribution < 1.29 is 14.4 Å². The average Bonchev–Trinajstić information content (AvgIpc) is 3.30. The molecule has 198 valence electrons. The minimum Gasteiger partial charge on any atom is -0.349 e. The van der Waals surface area contributed by atoms with Crippen molar-refractivity contribution in [2.45, 2.75) is 84.3 Å². The van der Waals surface area contributed by atoms with Crippen LogP contribution < -0.4 is 10.2 Å². The van der Waals surface area contributed by atoms with Gasteiger partial charge in [-0.1, -0.05) is 45.5 Å². The zero-order chi connectivity index (χ0) is 27.5. The SMILES string of the molecule is C=C(C)C(=O)N1CCC[C@@H]1C(=O)N(c1ccc(C(C)(C)C)cc1)C(C(=O)NC(C)(C)C)c1cccnc1. The first-order valence-corrected chi connectivity index (χ1v) is 12.8. The van der Waals surface area contributed by atoms with E-state index >= 15 is 0 Å². The molecule has 7 heteroatoms. The molecule has 3 amide bonds. The molecule has 1 N–H and O–H groups in total. The molecule has 1 fully saturated rings. The summed E-state index contributed by atoms with van der Waals surface area (Å²) in [5, 5.41) is 3.05. The van der Waals surface area contributed by atoms with Crippen LogP contribution in [0.4, 0.5) is 5.69 Å². The molecule has 0 spiro atoms. The van der Waals surface area contributed by atoms with Crippen molar-refractivity contribution in [1.29, 1.82) is 0 Å². The summed E-state index contributed by atoms with van der Waals surface area (Å²) >= 11 is 0. The lowest BCUT2D eigenvalue weighted by atomic mass is 9.87. The first-order valence-electron chi connectivity index (χ1n) is 12.8. The van der Waals surface area contributed by atoms with Gasteiger partial charge in [-0.25, -0.2) is 0 Å². The number of carbonyl (C=O) groups excluding carboxylic acids is 3. The normalized spacial score (nSPS) is 16.7. The van der Waals surface area contributed by atoms with Gasteiger partial charge in [0.05, 0.1) is 0 Å². The maximum atomic E-state index is 14.4. The molecular weight excluding hydrogens is 464 g/mol. The van der Waals surface area contributed by atoms with Gasteiger partial charge < -0.3 is 10.2 Å². The smallest absolute Gasteiger partial charge is 0.250 e. The highest BCUT2D eigenvalue weighted by Crippen LogP contribution is 2.33. The van der Waals surface area contributed by atoms with Gasteiger partial charge in [-0.15, -0.1) is 0 Å². The van der Waals surface area contributed by atoms with Crippen LogP contribution in [0.2, 0.25) is 0 Å². The Bertz CT molecular complexity index is 1140. The molecular formula is C30H40N4O3. The van der Waals surface area contributed by atoms with E-state index in [-0.39, 0.29) is 23.1 Å². The fraction of sp³-hybridized carbons (Fsp3) is 0.467. The highest BCUT2D eigenvalue weighted by atomic mass is 16.2. The lowest BCUT2D eigenvalue weighted by Gasteiger charge is -2.37. The quantitative estimate of drug-likeness (QED) is 0.565. The van der Waals surface area contributed by atoms with E-state index in [9.17, 15) is 14.4 Å². The largest absolute Gasteiger partial charge is 0.349 e. The number of anilines is 1. The number of nitrogens with zero attached hydrogens (tertiary/aromatic N) is 3. The number of benzene rings is 1. The van der Waals surface area contributed by atoms with Crippen molar-refractivity contribution in [3.05, 3.63) is 72.1 Å². The summed E-state index contributed by atoms with van der Waals surface area (Å²) < 4.78 is 0. The number of aromatic nitrogens is 1. The second-order valence-electron chi connectivity index (χ2n) is 11.9. The molecule has 0 saturated carbocycles. The van der Waals surface area contributed by atoms with Gasteiger partial charge >= 0.3 is 0 Å². The van der Waals surface area contributed by atoms with Crippen LogP contribution in [-0.2, 0) is 19.8 Å². The van der Waals surface area contributed by atoms with E-state index < -0.39 is 17.6 Å². The molecule has 2 aromatic rings. The minimum atomic E-state index is -0.969. The Labute approximate surface area is 221 Å². The van der Waals surface area contributed by atoms with Crippen LogP contribution >= 0.6 is 0 Å². The first kappa shape index (κ1) is 28.1. The number of rotatable bonds is 6. The summed E-state index contributed by atoms with van der Waals surface area (Å²) in [5.74, 6) is -0.853. The summed E-state index contributed by atoms with van der Waals surface area (Å²) in [4.78, 5) is 48.4. The Hall–Kier alpha value is -3.48. The minimum absolute atomic E-state index is 0.0735. The Morgan fingerprint density at radius 2 is 1.73 bits per heavy atom. The second-order valence-corrected chi connectivity index (χ2v) is 11.9. The van der Waals surface area contributed by atoms with Crippen LogP contribution in [0.25, 0.3) is 0 Å². The number of hydrogen-bond acceptors (Lipinski definition) is 4. The van der Waals surface area contributed by atoms with Gasteiger partial charge in [0.1, 0.15) is 12.1 Å². The zero-order valence-corrected chi connectivity index (χ0v) is 23.2. The lowest BCUT2D eigenvalue weighted by Crippen LogP contribution is -2.54. The molecule has 1 aromatic carbocycles. The number of hydrogen-bond donors (Lipinski definition) is 1. The summed E-state index contributed by atoms with van der Waals surface area (Å²) in [6.07, 6.45) is 4.48. The molecule has 0 aliphatic carbocycles. The van der Waals surface area contributed by atoms with Crippen LogP contribution in [0, 0.1) is 0 Å². The third kappa shape index (κ3) is 6.64. The van der Waals surface area contributed by atoms with E-state index in [1.807, 2.05) is 45.0 Å². The summed E-state index contributed by atoms with van der Waals surface area (Å²) in [6, 6.07) is 9.64. The number of carbonyl (C=O) groups is 3. The molecule has 2 heterocycles. The molecule has 3 rings (SSSR count). The van der Waals surface area contributed by atoms with Crippen LogP contribution in [-0.4, -0.2) is 45.7 Å². The molecule has 37 heavy (non-hydrogen) atoms. The lowest BCUT2D eigenvalue weighted by molar-refractivity contribution is -0.135. The van der Waals surface area contributed by atoms with Gasteiger partial charge in [0.2, 0.25) is 11.8 Å². The summed E-state index contributed by atoms with van der Waals surface area (Å²) in [5.41, 5.74) is 2.09. The number of likely N-dealkylation sites (tertiary alicyclic amines) is 1. The number of amides is 3. The van der Waals surface area contributed by atoms with Crippen molar-refractivity contribution in [1.82, 2.24) is 15.2 Å². The predicted octanol–water partition coefficient (Wildman–Crippen LogP) is 4.94. The Kier molecular flexibility index (Phi) is 8.25. The van der Waals surface area contributed by atoms with Gasteiger partial charge in [0.25, 0.3) is 5.91 Å². The van der Waals surface area contributed by atoms with E-state index in [1.165, 1.54) is 0 Å². The van der Waals surface area contributed by atoms with Gasteiger partial charge in [0.15, 0.2) is 0 Å². The van der Waals surface area contributed by atoms with Crippen molar-refractivity contribution in [3.63, 3.8) is 0 Å². The Morgan fingerprint density at radius 1 is 1.08 bits per heavy atom. The average molecular weight is 505 g/mol. The summed E-state index contributed by atoms with van der Waals surface area (Å²) in [7, 11) is 0. The molecule has 1 aliphatic heterocycles. The van der Waals surface area contributed by atoms with E-state index in [0.717, 1.165) is 5.56 Å². The molecule has 1 unspecified atom stereocenters. The molecule has 1 saturated heterocycles. The van der Waals surface area contributed by atoms with Crippen LogP contribution in [0.3, 0.4) is 0 Å². The topological polar surface area (TPSA) is 82.6 Å². The first-order chi connectivity index (χ1) is 17.2. The van der Waals surface area contributed by atoms with Gasteiger partial charge in [-0.2, -0.15) is 0 Å². The van der Waals surface area contributed by atoms with Gasteiger partial charge in [-0.3, -0.25) is 24.3 Å². The summed E-state index contributed by atoms with van der Waals surface area (Å²) in [6.45, 7) is 18.0. The van der Waals surface area contributed by atoms with E-state index in [4.69, 9.17) is 0 Å². The van der Waals surface area contributed by atoms with Crippen LogP contribution in [0.5, 0.6) is 0 Å². The standard InChI is InChI=1S/C30H40N4O3/c1-20(2)27(36)33-18-10-12-24(33)28(37)34(23-15-13-22(14-16-23)29(3,4)5)25(21-11-9-17-31-19-21)26(35)32-30(6,7)8/h9,11,13-17,19,24-25H,1,10,12,18H2,2-8H3,(H,32,35)/t24-,25?/m1/s1. The fourth-order valence-electron chi connectivity index (χ4n) is 4.59. The van der Waals surface area contributed by atoms with Crippen molar-refractivity contribution >= 4 is 23.4 Å². The maximum absolute atomic E-state index is 14.4. The van der Waals surface area contributed by atoms with Crippen molar-refractivity contribution in [2.75, 3.05) is 11.4 Å². The molecule has 1 aromatic heterocycles. The zero-order valence-electron chi connectivity index (χ0n) is 23.2. The number of pyridine rings is 1. The van der Waals surface area contributed by atoms with Gasteiger partial charge in [-0.05, 0) is 69.7 Å². The highest BCUT2D eigenvalue weighted by molar-refractivity contribution is 6.06. The van der Waals surface area contributed by atoms with E-state index in [0.29, 0.717) is 36.2 Å². The predicted molar refractivity (Wildman–Crippen MR) is 147 cm³/mol. The molecule has 1 aliphatic rings. The van der Waals surface area contributed by atoms with Gasteiger partial charge in [0, 0.05) is 41.3 Å². The Morgan fingerprint density at radius 3 is 2.24 bits per heavy atom. The van der Waals surface area contributed by atoms with Crippen LogP contribution in [0.15, 0.2) is 60.9 Å². The van der Waals surface area contributed by atoms with Crippen molar-refractivity contribution in [2.24, 2.45) is 0 Å². The molecule has 0 radical (unpaired) electrons. The van der Waals surface area contributed by atoms with E-state index in [2.05, 4.69) is 37.7 Å². The monoisotopic (exact) mass is 504 g/mol. The molecule has 7 nitrogen and oxygen atoms in total. The third-order valence-electron chi connectivity index (χ3n) is 6.42. The molecule has 2 atom stereocenters. The van der Waals surface area contributed by atoms with Crippen molar-refractivity contribution in [3.8, 4) is 0 Å². The van der Waals surface area contributed by atoms with E-state index in [1.54, 1.807) is 41.2 Å². The third-order valence-corrected chi connectivity index (χ3v) is 6.42. The fourth-order valence-corrected chi connectivity index (χ4v) is 4.59.